The van der Waals surface area contributed by atoms with Crippen LogP contribution in [0.25, 0.3) is 0 Å². The Morgan fingerprint density at radius 2 is 1.81 bits per heavy atom. The highest BCUT2D eigenvalue weighted by atomic mass is 35.5. The molecular formula is C21H16ClFN2O2. The van der Waals surface area contributed by atoms with Crippen LogP contribution in [0.4, 0.5) is 4.39 Å². The van der Waals surface area contributed by atoms with Gasteiger partial charge in [0.25, 0.3) is 5.91 Å². The number of carbonyl (C=O) groups is 1. The standard InChI is InChI=1S/C21H16ClFN2O2/c22-18-8-4-15(5-9-18)14-27-20-3-1-2-16(12-20)13-24-25-21(26)17-6-10-19(23)11-7-17/h1-13H,14H2,(H,25,26)/b24-13+. The van der Waals surface area contributed by atoms with Gasteiger partial charge in [0.15, 0.2) is 0 Å². The lowest BCUT2D eigenvalue weighted by Gasteiger charge is -2.07. The van der Waals surface area contributed by atoms with Crippen molar-refractivity contribution in [2.75, 3.05) is 0 Å². The van der Waals surface area contributed by atoms with Gasteiger partial charge < -0.3 is 4.74 Å². The monoisotopic (exact) mass is 382 g/mol. The van der Waals surface area contributed by atoms with Crippen molar-refractivity contribution in [3.8, 4) is 5.75 Å². The van der Waals surface area contributed by atoms with Crippen LogP contribution in [-0.4, -0.2) is 12.1 Å². The Bertz CT molecular complexity index is 941. The number of carbonyl (C=O) groups excluding carboxylic acids is 1. The number of benzene rings is 3. The average molecular weight is 383 g/mol. The summed E-state index contributed by atoms with van der Waals surface area (Å²) in [5, 5.41) is 4.60. The minimum Gasteiger partial charge on any atom is -0.489 e. The molecule has 6 heteroatoms. The van der Waals surface area contributed by atoms with Crippen LogP contribution in [0.3, 0.4) is 0 Å². The molecule has 1 amide bonds. The first-order chi connectivity index (χ1) is 13.1. The van der Waals surface area contributed by atoms with Gasteiger partial charge in [0.2, 0.25) is 0 Å². The Morgan fingerprint density at radius 3 is 2.56 bits per heavy atom. The molecule has 0 unspecified atom stereocenters. The van der Waals surface area contributed by atoms with Crippen molar-refractivity contribution in [3.63, 3.8) is 0 Å². The van der Waals surface area contributed by atoms with E-state index in [4.69, 9.17) is 16.3 Å². The summed E-state index contributed by atoms with van der Waals surface area (Å²) in [5.41, 5.74) is 4.50. The quantitative estimate of drug-likeness (QED) is 0.490. The van der Waals surface area contributed by atoms with Crippen LogP contribution in [0.15, 0.2) is 77.9 Å². The highest BCUT2D eigenvalue weighted by Crippen LogP contribution is 2.15. The maximum absolute atomic E-state index is 12.9. The van der Waals surface area contributed by atoms with Gasteiger partial charge in [0.1, 0.15) is 18.2 Å². The van der Waals surface area contributed by atoms with Crippen LogP contribution in [0.2, 0.25) is 5.02 Å². The molecule has 1 N–H and O–H groups in total. The highest BCUT2D eigenvalue weighted by molar-refractivity contribution is 6.30. The van der Waals surface area contributed by atoms with Gasteiger partial charge in [0.05, 0.1) is 6.21 Å². The van der Waals surface area contributed by atoms with Gasteiger partial charge in [0, 0.05) is 10.6 Å². The summed E-state index contributed by atoms with van der Waals surface area (Å²) in [7, 11) is 0. The van der Waals surface area contributed by atoms with E-state index in [1.165, 1.54) is 30.5 Å². The molecule has 0 aliphatic rings. The molecule has 3 aromatic rings. The van der Waals surface area contributed by atoms with Gasteiger partial charge in [-0.1, -0.05) is 35.9 Å². The Hall–Kier alpha value is -3.18. The van der Waals surface area contributed by atoms with E-state index in [9.17, 15) is 9.18 Å². The summed E-state index contributed by atoms with van der Waals surface area (Å²) >= 11 is 5.86. The second kappa shape index (κ2) is 8.96. The van der Waals surface area contributed by atoms with Gasteiger partial charge in [-0.2, -0.15) is 5.10 Å². The minimum absolute atomic E-state index is 0.327. The summed E-state index contributed by atoms with van der Waals surface area (Å²) in [6.07, 6.45) is 1.51. The first kappa shape index (κ1) is 18.6. The molecule has 3 rings (SSSR count). The van der Waals surface area contributed by atoms with E-state index in [0.717, 1.165) is 11.1 Å². The van der Waals surface area contributed by atoms with E-state index in [2.05, 4.69) is 10.5 Å². The highest BCUT2D eigenvalue weighted by Gasteiger charge is 2.03. The summed E-state index contributed by atoms with van der Waals surface area (Å²) in [6.45, 7) is 0.416. The van der Waals surface area contributed by atoms with E-state index in [0.29, 0.717) is 22.9 Å². The third-order valence-corrected chi connectivity index (χ3v) is 3.91. The molecule has 27 heavy (non-hydrogen) atoms. The first-order valence-corrected chi connectivity index (χ1v) is 8.54. The third kappa shape index (κ3) is 5.66. The third-order valence-electron chi connectivity index (χ3n) is 3.66. The molecule has 0 fully saturated rings. The molecule has 0 spiro atoms. The number of hydrogen-bond donors (Lipinski definition) is 1. The second-order valence-corrected chi connectivity index (χ2v) is 6.13. The molecule has 0 aliphatic carbocycles. The van der Waals surface area contributed by atoms with Crippen molar-refractivity contribution < 1.29 is 13.9 Å². The fraction of sp³-hybridized carbons (Fsp3) is 0.0476. The maximum atomic E-state index is 12.9. The molecule has 136 valence electrons. The summed E-state index contributed by atoms with van der Waals surface area (Å²) in [5.74, 6) is -0.134. The molecule has 0 bridgehead atoms. The second-order valence-electron chi connectivity index (χ2n) is 5.69. The van der Waals surface area contributed by atoms with Crippen molar-refractivity contribution in [3.05, 3.63) is 100 Å². The van der Waals surface area contributed by atoms with Gasteiger partial charge >= 0.3 is 0 Å². The zero-order valence-electron chi connectivity index (χ0n) is 14.2. The Morgan fingerprint density at radius 1 is 1.07 bits per heavy atom. The summed E-state index contributed by atoms with van der Waals surface area (Å²) in [6, 6.07) is 20.0. The summed E-state index contributed by atoms with van der Waals surface area (Å²) < 4.78 is 18.6. The predicted octanol–water partition coefficient (Wildman–Crippen LogP) is 4.82. The van der Waals surface area contributed by atoms with Crippen LogP contribution in [0, 0.1) is 5.82 Å². The molecule has 3 aromatic carbocycles. The van der Waals surface area contributed by atoms with E-state index in [1.54, 1.807) is 0 Å². The number of ether oxygens (including phenoxy) is 1. The van der Waals surface area contributed by atoms with Gasteiger partial charge in [-0.3, -0.25) is 4.79 Å². The number of nitrogens with zero attached hydrogens (tertiary/aromatic N) is 1. The maximum Gasteiger partial charge on any atom is 0.271 e. The van der Waals surface area contributed by atoms with Crippen LogP contribution in [0.5, 0.6) is 5.75 Å². The SMILES string of the molecule is O=C(N/N=C/c1cccc(OCc2ccc(Cl)cc2)c1)c1ccc(F)cc1. The Kier molecular flexibility index (Phi) is 6.18. The molecule has 4 nitrogen and oxygen atoms in total. The molecule has 0 radical (unpaired) electrons. The molecule has 0 aliphatic heterocycles. The fourth-order valence-electron chi connectivity index (χ4n) is 2.26. The number of halogens is 2. The molecule has 0 atom stereocenters. The van der Waals surface area contributed by atoms with Gasteiger partial charge in [-0.05, 0) is 59.7 Å². The number of hydrogen-bond acceptors (Lipinski definition) is 3. The van der Waals surface area contributed by atoms with Gasteiger partial charge in [-0.25, -0.2) is 9.82 Å². The summed E-state index contributed by atoms with van der Waals surface area (Å²) in [4.78, 5) is 11.9. The number of amides is 1. The smallest absolute Gasteiger partial charge is 0.271 e. The lowest BCUT2D eigenvalue weighted by Crippen LogP contribution is -2.17. The van der Waals surface area contributed by atoms with Crippen molar-refractivity contribution in [1.82, 2.24) is 5.43 Å². The number of nitrogens with one attached hydrogen (secondary N) is 1. The van der Waals surface area contributed by atoms with Gasteiger partial charge in [-0.15, -0.1) is 0 Å². The van der Waals surface area contributed by atoms with Crippen molar-refractivity contribution in [1.29, 1.82) is 0 Å². The van der Waals surface area contributed by atoms with Crippen LogP contribution < -0.4 is 10.2 Å². The van der Waals surface area contributed by atoms with E-state index in [1.807, 2.05) is 48.5 Å². The molecule has 0 saturated carbocycles. The average Bonchev–Trinajstić information content (AvgIpc) is 2.68. The normalized spacial score (nSPS) is 10.7. The molecule has 0 saturated heterocycles. The number of hydrazone groups is 1. The molecule has 0 aromatic heterocycles. The lowest BCUT2D eigenvalue weighted by molar-refractivity contribution is 0.0955. The topological polar surface area (TPSA) is 50.7 Å². The van der Waals surface area contributed by atoms with Crippen molar-refractivity contribution in [2.45, 2.75) is 6.61 Å². The molecule has 0 heterocycles. The van der Waals surface area contributed by atoms with E-state index >= 15 is 0 Å². The number of rotatable bonds is 6. The Balaban J connectivity index is 1.56. The minimum atomic E-state index is -0.415. The first-order valence-electron chi connectivity index (χ1n) is 8.16. The van der Waals surface area contributed by atoms with E-state index in [-0.39, 0.29) is 0 Å². The molecular weight excluding hydrogens is 367 g/mol. The van der Waals surface area contributed by atoms with Crippen LogP contribution in [0.1, 0.15) is 21.5 Å². The Labute approximate surface area is 161 Å². The lowest BCUT2D eigenvalue weighted by atomic mass is 10.2. The van der Waals surface area contributed by atoms with E-state index < -0.39 is 11.7 Å². The van der Waals surface area contributed by atoms with Crippen molar-refractivity contribution >= 4 is 23.7 Å². The fourth-order valence-corrected chi connectivity index (χ4v) is 2.39. The zero-order chi connectivity index (χ0) is 19.1. The van der Waals surface area contributed by atoms with Crippen molar-refractivity contribution in [2.24, 2.45) is 5.10 Å². The zero-order valence-corrected chi connectivity index (χ0v) is 15.0. The van der Waals surface area contributed by atoms with Crippen LogP contribution >= 0.6 is 11.6 Å². The van der Waals surface area contributed by atoms with Crippen LogP contribution in [-0.2, 0) is 6.61 Å². The largest absolute Gasteiger partial charge is 0.489 e. The predicted molar refractivity (Wildman–Crippen MR) is 104 cm³/mol.